The van der Waals surface area contributed by atoms with E-state index >= 15 is 0 Å². The lowest BCUT2D eigenvalue weighted by atomic mass is 9.85. The zero-order chi connectivity index (χ0) is 19.6. The van der Waals surface area contributed by atoms with Gasteiger partial charge in [0.25, 0.3) is 0 Å². The summed E-state index contributed by atoms with van der Waals surface area (Å²) in [6.45, 7) is 8.22. The summed E-state index contributed by atoms with van der Waals surface area (Å²) in [5.41, 5.74) is 3.42. The Morgan fingerprint density at radius 1 is 1.04 bits per heavy atom. The predicted molar refractivity (Wildman–Crippen MR) is 111 cm³/mol. The van der Waals surface area contributed by atoms with Crippen molar-refractivity contribution in [2.75, 3.05) is 0 Å². The molecule has 2 aromatic heterocycles. The van der Waals surface area contributed by atoms with Gasteiger partial charge >= 0.3 is 0 Å². The average Bonchev–Trinajstić information content (AvgIpc) is 3.31. The monoisotopic (exact) mass is 374 g/mol. The Hall–Kier alpha value is -2.92. The Bertz CT molecular complexity index is 994. The van der Waals surface area contributed by atoms with Gasteiger partial charge in [-0.3, -0.25) is 0 Å². The van der Waals surface area contributed by atoms with Gasteiger partial charge in [0.05, 0.1) is 12.6 Å². The fourth-order valence-corrected chi connectivity index (χ4v) is 3.46. The average molecular weight is 374 g/mol. The lowest BCUT2D eigenvalue weighted by Gasteiger charge is -2.30. The lowest BCUT2D eigenvalue weighted by Crippen LogP contribution is -2.31. The smallest absolute Gasteiger partial charge is 0.137 e. The molecular formula is C23H26N4O. The molecule has 5 heteroatoms. The van der Waals surface area contributed by atoms with Crippen LogP contribution in [0.5, 0.6) is 0 Å². The standard InChI is InChI=1S/C23H26N4O/c1-23(2,3)22(21-12-19-6-4-5-7-20(19)28-21)25-13-17-8-10-18(11-9-17)14-27-16-24-15-26-27/h4-12,15-16,22,25H,13-14H2,1-3H3/t22-/m0/s1. The third-order valence-corrected chi connectivity index (χ3v) is 4.94. The maximum atomic E-state index is 6.14. The van der Waals surface area contributed by atoms with E-state index in [1.807, 2.05) is 22.9 Å². The first-order chi connectivity index (χ1) is 13.5. The van der Waals surface area contributed by atoms with Crippen LogP contribution in [0.4, 0.5) is 0 Å². The molecule has 0 spiro atoms. The van der Waals surface area contributed by atoms with Crippen molar-refractivity contribution >= 4 is 11.0 Å². The summed E-state index contributed by atoms with van der Waals surface area (Å²) >= 11 is 0. The minimum absolute atomic E-state index is 0.0287. The molecule has 0 unspecified atom stereocenters. The van der Waals surface area contributed by atoms with Crippen molar-refractivity contribution in [2.45, 2.75) is 39.9 Å². The normalized spacial score (nSPS) is 13.1. The van der Waals surface area contributed by atoms with Gasteiger partial charge in [-0.25, -0.2) is 9.67 Å². The van der Waals surface area contributed by atoms with E-state index in [1.54, 1.807) is 12.7 Å². The van der Waals surface area contributed by atoms with Gasteiger partial charge in [-0.05, 0) is 28.7 Å². The van der Waals surface area contributed by atoms with Gasteiger partial charge in [0.15, 0.2) is 0 Å². The Morgan fingerprint density at radius 3 is 2.46 bits per heavy atom. The van der Waals surface area contributed by atoms with E-state index < -0.39 is 0 Å². The van der Waals surface area contributed by atoms with E-state index in [-0.39, 0.29) is 11.5 Å². The maximum absolute atomic E-state index is 6.14. The number of nitrogens with one attached hydrogen (secondary N) is 1. The first-order valence-corrected chi connectivity index (χ1v) is 9.61. The van der Waals surface area contributed by atoms with E-state index in [2.05, 4.69) is 72.6 Å². The van der Waals surface area contributed by atoms with Crippen LogP contribution in [-0.2, 0) is 13.1 Å². The molecule has 0 fully saturated rings. The Morgan fingerprint density at radius 2 is 1.79 bits per heavy atom. The number of aromatic nitrogens is 3. The predicted octanol–water partition coefficient (Wildman–Crippen LogP) is 4.95. The van der Waals surface area contributed by atoms with Crippen molar-refractivity contribution in [3.63, 3.8) is 0 Å². The second-order valence-electron chi connectivity index (χ2n) is 8.28. The molecule has 2 aromatic carbocycles. The molecule has 0 bridgehead atoms. The zero-order valence-corrected chi connectivity index (χ0v) is 16.6. The van der Waals surface area contributed by atoms with Gasteiger partial charge in [0.2, 0.25) is 0 Å². The van der Waals surface area contributed by atoms with Crippen LogP contribution in [0.3, 0.4) is 0 Å². The first-order valence-electron chi connectivity index (χ1n) is 9.61. The summed E-state index contributed by atoms with van der Waals surface area (Å²) in [6, 6.07) is 19.1. The van der Waals surface area contributed by atoms with Gasteiger partial charge in [0, 0.05) is 11.9 Å². The van der Waals surface area contributed by atoms with Crippen LogP contribution < -0.4 is 5.32 Å². The fraction of sp³-hybridized carbons (Fsp3) is 0.304. The summed E-state index contributed by atoms with van der Waals surface area (Å²) in [6.07, 6.45) is 3.29. The molecule has 4 aromatic rings. The van der Waals surface area contributed by atoms with Gasteiger partial charge in [0.1, 0.15) is 24.0 Å². The Balaban J connectivity index is 1.47. The largest absolute Gasteiger partial charge is 0.459 e. The third kappa shape index (κ3) is 4.15. The SMILES string of the molecule is CC(C)(C)[C@@H](NCc1ccc(Cn2cncn2)cc1)c1cc2ccccc2o1. The van der Waals surface area contributed by atoms with Crippen molar-refractivity contribution < 1.29 is 4.42 Å². The summed E-state index contributed by atoms with van der Waals surface area (Å²) in [5, 5.41) is 9.00. The molecule has 0 aliphatic heterocycles. The summed E-state index contributed by atoms with van der Waals surface area (Å²) < 4.78 is 7.97. The molecule has 4 rings (SSSR count). The highest BCUT2D eigenvalue weighted by Gasteiger charge is 2.28. The number of benzene rings is 2. The number of hydrogen-bond donors (Lipinski definition) is 1. The number of para-hydroxylation sites is 1. The van der Waals surface area contributed by atoms with E-state index in [4.69, 9.17) is 4.42 Å². The molecule has 0 saturated heterocycles. The van der Waals surface area contributed by atoms with Gasteiger partial charge in [-0.15, -0.1) is 0 Å². The second kappa shape index (κ2) is 7.60. The van der Waals surface area contributed by atoms with Crippen molar-refractivity contribution in [3.05, 3.63) is 84.1 Å². The summed E-state index contributed by atoms with van der Waals surface area (Å²) in [5.74, 6) is 0.983. The molecule has 5 nitrogen and oxygen atoms in total. The third-order valence-electron chi connectivity index (χ3n) is 4.94. The topological polar surface area (TPSA) is 55.9 Å². The van der Waals surface area contributed by atoms with Crippen LogP contribution in [0.15, 0.2) is 71.7 Å². The van der Waals surface area contributed by atoms with E-state index in [1.165, 1.54) is 11.1 Å². The Labute approximate surface area is 165 Å². The molecule has 0 radical (unpaired) electrons. The van der Waals surface area contributed by atoms with Gasteiger partial charge in [-0.2, -0.15) is 5.10 Å². The molecular weight excluding hydrogens is 348 g/mol. The molecule has 144 valence electrons. The van der Waals surface area contributed by atoms with Crippen LogP contribution in [0.25, 0.3) is 11.0 Å². The molecule has 1 atom stereocenters. The minimum Gasteiger partial charge on any atom is -0.459 e. The number of nitrogens with zero attached hydrogens (tertiary/aromatic N) is 3. The quantitative estimate of drug-likeness (QED) is 0.519. The van der Waals surface area contributed by atoms with E-state index in [0.717, 1.165) is 29.8 Å². The fourth-order valence-electron chi connectivity index (χ4n) is 3.46. The highest BCUT2D eigenvalue weighted by Crippen LogP contribution is 2.35. The summed E-state index contributed by atoms with van der Waals surface area (Å²) in [7, 11) is 0. The first kappa shape index (κ1) is 18.4. The number of furan rings is 1. The number of fused-ring (bicyclic) bond motifs is 1. The minimum atomic E-state index is 0.0287. The molecule has 0 aliphatic rings. The molecule has 0 aliphatic carbocycles. The van der Waals surface area contributed by atoms with Gasteiger partial charge in [-0.1, -0.05) is 63.2 Å². The van der Waals surface area contributed by atoms with Crippen LogP contribution in [0.1, 0.15) is 43.7 Å². The number of hydrogen-bond acceptors (Lipinski definition) is 4. The van der Waals surface area contributed by atoms with E-state index in [0.29, 0.717) is 0 Å². The second-order valence-corrected chi connectivity index (χ2v) is 8.28. The zero-order valence-electron chi connectivity index (χ0n) is 16.6. The molecule has 0 saturated carbocycles. The lowest BCUT2D eigenvalue weighted by molar-refractivity contribution is 0.239. The molecule has 1 N–H and O–H groups in total. The van der Waals surface area contributed by atoms with Crippen LogP contribution >= 0.6 is 0 Å². The van der Waals surface area contributed by atoms with Crippen molar-refractivity contribution in [3.8, 4) is 0 Å². The van der Waals surface area contributed by atoms with Crippen molar-refractivity contribution in [2.24, 2.45) is 5.41 Å². The molecule has 28 heavy (non-hydrogen) atoms. The number of rotatable bonds is 6. The van der Waals surface area contributed by atoms with Gasteiger partial charge < -0.3 is 9.73 Å². The highest BCUT2D eigenvalue weighted by molar-refractivity contribution is 5.77. The van der Waals surface area contributed by atoms with Crippen LogP contribution in [-0.4, -0.2) is 14.8 Å². The maximum Gasteiger partial charge on any atom is 0.137 e. The van der Waals surface area contributed by atoms with Crippen LogP contribution in [0.2, 0.25) is 0 Å². The van der Waals surface area contributed by atoms with Crippen LogP contribution in [0, 0.1) is 5.41 Å². The summed E-state index contributed by atoms with van der Waals surface area (Å²) in [4.78, 5) is 3.99. The Kier molecular flexibility index (Phi) is 5.01. The molecule has 2 heterocycles. The van der Waals surface area contributed by atoms with Crippen molar-refractivity contribution in [1.82, 2.24) is 20.1 Å². The molecule has 0 amide bonds. The van der Waals surface area contributed by atoms with Crippen molar-refractivity contribution in [1.29, 1.82) is 0 Å². The van der Waals surface area contributed by atoms with E-state index in [9.17, 15) is 0 Å². The highest BCUT2D eigenvalue weighted by atomic mass is 16.3.